The van der Waals surface area contributed by atoms with Gasteiger partial charge < -0.3 is 19.5 Å². The van der Waals surface area contributed by atoms with Gasteiger partial charge in [-0.3, -0.25) is 19.3 Å². The first-order valence-corrected chi connectivity index (χ1v) is 12.8. The van der Waals surface area contributed by atoms with Crippen LogP contribution in [0, 0.1) is 6.92 Å². The summed E-state index contributed by atoms with van der Waals surface area (Å²) in [5, 5.41) is 2.19. The molecule has 196 valence electrons. The van der Waals surface area contributed by atoms with Crippen LogP contribution in [-0.2, 0) is 16.2 Å². The summed E-state index contributed by atoms with van der Waals surface area (Å²) in [5.41, 5.74) is 3.40. The number of anilines is 1. The lowest BCUT2D eigenvalue weighted by atomic mass is 10.1. The quantitative estimate of drug-likeness (QED) is 0.337. The Bertz CT molecular complexity index is 1350. The number of imide groups is 1. The molecule has 1 aliphatic rings. The van der Waals surface area contributed by atoms with Crippen LogP contribution in [0.5, 0.6) is 17.2 Å². The van der Waals surface area contributed by atoms with Crippen LogP contribution in [0.15, 0.2) is 71.6 Å². The van der Waals surface area contributed by atoms with Crippen LogP contribution in [0.1, 0.15) is 23.6 Å². The Morgan fingerprint density at radius 1 is 0.974 bits per heavy atom. The van der Waals surface area contributed by atoms with Crippen molar-refractivity contribution in [1.82, 2.24) is 4.90 Å². The summed E-state index contributed by atoms with van der Waals surface area (Å²) in [4.78, 5) is 39.0. The molecule has 1 fully saturated rings. The molecule has 3 aromatic carbocycles. The fraction of sp³-hybridized carbons (Fsp3) is 0.207. The molecular weight excluding hydrogens is 504 g/mol. The first-order chi connectivity index (χ1) is 18.4. The van der Waals surface area contributed by atoms with Crippen molar-refractivity contribution in [3.8, 4) is 17.2 Å². The number of carbonyl (C=O) groups excluding carboxylic acids is 3. The number of amides is 3. The number of nitrogens with one attached hydrogen (secondary N) is 1. The van der Waals surface area contributed by atoms with E-state index in [0.717, 1.165) is 22.2 Å². The number of rotatable bonds is 10. The highest BCUT2D eigenvalue weighted by Crippen LogP contribution is 2.34. The highest BCUT2D eigenvalue weighted by molar-refractivity contribution is 8.18. The molecule has 4 rings (SSSR count). The van der Waals surface area contributed by atoms with Gasteiger partial charge in [0.25, 0.3) is 11.1 Å². The smallest absolute Gasteiger partial charge is 0.294 e. The number of nitrogens with zero attached hydrogens (tertiary/aromatic N) is 1. The second-order valence-corrected chi connectivity index (χ2v) is 9.45. The van der Waals surface area contributed by atoms with Crippen molar-refractivity contribution in [3.05, 3.63) is 88.3 Å². The molecular formula is C29H28N2O6S. The predicted molar refractivity (Wildman–Crippen MR) is 147 cm³/mol. The molecule has 1 N–H and O–H groups in total. The molecule has 0 bridgehead atoms. The third kappa shape index (κ3) is 6.74. The first kappa shape index (κ1) is 26.8. The van der Waals surface area contributed by atoms with E-state index >= 15 is 0 Å². The summed E-state index contributed by atoms with van der Waals surface area (Å²) in [6.07, 6.45) is 1.60. The Balaban J connectivity index is 1.39. The number of thioether (sulfide) groups is 1. The molecule has 9 heteroatoms. The number of methoxy groups -OCH3 is 1. The van der Waals surface area contributed by atoms with Crippen molar-refractivity contribution in [2.24, 2.45) is 0 Å². The largest absolute Gasteiger partial charge is 0.494 e. The van der Waals surface area contributed by atoms with Crippen LogP contribution in [0.2, 0.25) is 0 Å². The predicted octanol–water partition coefficient (Wildman–Crippen LogP) is 5.66. The Morgan fingerprint density at radius 2 is 1.71 bits per heavy atom. The number of hydrogen-bond acceptors (Lipinski definition) is 7. The molecule has 3 amide bonds. The number of aryl methyl sites for hydroxylation is 1. The van der Waals surface area contributed by atoms with Crippen LogP contribution in [0.3, 0.4) is 0 Å². The van der Waals surface area contributed by atoms with Crippen molar-refractivity contribution in [2.45, 2.75) is 20.5 Å². The third-order valence-corrected chi connectivity index (χ3v) is 6.53. The van der Waals surface area contributed by atoms with Crippen molar-refractivity contribution in [3.63, 3.8) is 0 Å². The molecule has 1 saturated heterocycles. The van der Waals surface area contributed by atoms with E-state index in [-0.39, 0.29) is 11.4 Å². The van der Waals surface area contributed by atoms with Crippen LogP contribution in [0.25, 0.3) is 6.08 Å². The zero-order chi connectivity index (χ0) is 27.1. The van der Waals surface area contributed by atoms with E-state index in [1.165, 1.54) is 12.7 Å². The third-order valence-electron chi connectivity index (χ3n) is 5.62. The summed E-state index contributed by atoms with van der Waals surface area (Å²) in [7, 11) is 1.54. The van der Waals surface area contributed by atoms with Crippen LogP contribution >= 0.6 is 11.8 Å². The number of benzene rings is 3. The van der Waals surface area contributed by atoms with Gasteiger partial charge in [-0.15, -0.1) is 0 Å². The van der Waals surface area contributed by atoms with Crippen molar-refractivity contribution in [2.75, 3.05) is 25.6 Å². The average Bonchev–Trinajstić information content (AvgIpc) is 3.17. The minimum Gasteiger partial charge on any atom is -0.494 e. The monoisotopic (exact) mass is 532 g/mol. The second-order valence-electron chi connectivity index (χ2n) is 8.46. The number of carbonyl (C=O) groups is 3. The van der Waals surface area contributed by atoms with E-state index in [9.17, 15) is 14.4 Å². The zero-order valence-electron chi connectivity index (χ0n) is 21.4. The molecule has 0 unspecified atom stereocenters. The van der Waals surface area contributed by atoms with E-state index in [2.05, 4.69) is 5.32 Å². The zero-order valence-corrected chi connectivity index (χ0v) is 22.2. The van der Waals surface area contributed by atoms with Crippen molar-refractivity contribution >= 4 is 40.6 Å². The maximum absolute atomic E-state index is 12.9. The standard InChI is InChI=1S/C29H28N2O6S/c1-4-36-23-12-10-22(11-13-23)30-27(32)17-31-28(33)26(38-29(31)34)16-21-9-14-24(25(15-21)35-3)37-18-20-7-5-19(2)6-8-20/h5-16H,4,17-18H2,1-3H3,(H,30,32)/b26-16+. The van der Waals surface area contributed by atoms with Crippen LogP contribution in [-0.4, -0.2) is 42.2 Å². The Morgan fingerprint density at radius 3 is 2.39 bits per heavy atom. The van der Waals surface area contributed by atoms with Gasteiger partial charge in [0.1, 0.15) is 18.9 Å². The SMILES string of the molecule is CCOc1ccc(NC(=O)CN2C(=O)S/C(=C/c3ccc(OCc4ccc(C)cc4)c(OC)c3)C2=O)cc1. The lowest BCUT2D eigenvalue weighted by molar-refractivity contribution is -0.127. The number of ether oxygens (including phenoxy) is 3. The lowest BCUT2D eigenvalue weighted by Gasteiger charge is -2.13. The highest BCUT2D eigenvalue weighted by Gasteiger charge is 2.36. The summed E-state index contributed by atoms with van der Waals surface area (Å²) in [5.74, 6) is 0.739. The van der Waals surface area contributed by atoms with Crippen LogP contribution < -0.4 is 19.5 Å². The second kappa shape index (κ2) is 12.3. The highest BCUT2D eigenvalue weighted by atomic mass is 32.2. The first-order valence-electron chi connectivity index (χ1n) is 12.0. The molecule has 1 aliphatic heterocycles. The van der Waals surface area contributed by atoms with E-state index in [1.807, 2.05) is 38.1 Å². The van der Waals surface area contributed by atoms with Gasteiger partial charge in [-0.05, 0) is 79.2 Å². The van der Waals surface area contributed by atoms with Gasteiger partial charge in [0.2, 0.25) is 5.91 Å². The summed E-state index contributed by atoms with van der Waals surface area (Å²) in [6.45, 7) is 4.45. The van der Waals surface area contributed by atoms with Gasteiger partial charge >= 0.3 is 0 Å². The van der Waals surface area contributed by atoms with E-state index in [1.54, 1.807) is 48.5 Å². The van der Waals surface area contributed by atoms with E-state index < -0.39 is 17.1 Å². The molecule has 0 spiro atoms. The van der Waals surface area contributed by atoms with E-state index in [4.69, 9.17) is 14.2 Å². The maximum atomic E-state index is 12.9. The van der Waals surface area contributed by atoms with Gasteiger partial charge in [-0.1, -0.05) is 35.9 Å². The van der Waals surface area contributed by atoms with Crippen molar-refractivity contribution < 1.29 is 28.6 Å². The number of hydrogen-bond donors (Lipinski definition) is 1. The van der Waals surface area contributed by atoms with Crippen LogP contribution in [0.4, 0.5) is 10.5 Å². The van der Waals surface area contributed by atoms with Gasteiger partial charge in [0.15, 0.2) is 11.5 Å². The molecule has 0 radical (unpaired) electrons. The molecule has 8 nitrogen and oxygen atoms in total. The van der Waals surface area contributed by atoms with E-state index in [0.29, 0.717) is 41.7 Å². The Kier molecular flexibility index (Phi) is 8.70. The Hall–Kier alpha value is -4.24. The van der Waals surface area contributed by atoms with Crippen molar-refractivity contribution in [1.29, 1.82) is 0 Å². The molecule has 0 saturated carbocycles. The molecule has 38 heavy (non-hydrogen) atoms. The fourth-order valence-electron chi connectivity index (χ4n) is 3.67. The van der Waals surface area contributed by atoms with Gasteiger partial charge in [0.05, 0.1) is 18.6 Å². The minimum absolute atomic E-state index is 0.222. The van der Waals surface area contributed by atoms with Gasteiger partial charge in [-0.25, -0.2) is 0 Å². The minimum atomic E-state index is -0.527. The summed E-state index contributed by atoms with van der Waals surface area (Å²) < 4.78 is 16.8. The van der Waals surface area contributed by atoms with Gasteiger partial charge in [0, 0.05) is 5.69 Å². The molecule has 0 atom stereocenters. The maximum Gasteiger partial charge on any atom is 0.294 e. The molecule has 3 aromatic rings. The fourth-order valence-corrected chi connectivity index (χ4v) is 4.51. The molecule has 0 aromatic heterocycles. The Labute approximate surface area is 225 Å². The lowest BCUT2D eigenvalue weighted by Crippen LogP contribution is -2.36. The molecule has 0 aliphatic carbocycles. The normalized spacial score (nSPS) is 14.1. The molecule has 1 heterocycles. The average molecular weight is 533 g/mol. The summed E-state index contributed by atoms with van der Waals surface area (Å²) in [6, 6.07) is 20.2. The van der Waals surface area contributed by atoms with Gasteiger partial charge in [-0.2, -0.15) is 0 Å². The summed E-state index contributed by atoms with van der Waals surface area (Å²) >= 11 is 0.789. The topological polar surface area (TPSA) is 94.2 Å².